The van der Waals surface area contributed by atoms with Gasteiger partial charge in [0, 0.05) is 0 Å². The van der Waals surface area contributed by atoms with E-state index in [1.165, 1.54) is 12.7 Å². The molecule has 2 atom stereocenters. The number of benzene rings is 1. The zero-order valence-electron chi connectivity index (χ0n) is 13.1. The summed E-state index contributed by atoms with van der Waals surface area (Å²) in [5.74, 6) is -0.327. The number of hydrogen-bond donors (Lipinski definition) is 1. The summed E-state index contributed by atoms with van der Waals surface area (Å²) in [4.78, 5) is 11.8. The van der Waals surface area contributed by atoms with Gasteiger partial charge < -0.3 is 9.84 Å². The molecule has 0 aliphatic rings. The van der Waals surface area contributed by atoms with Crippen LogP contribution in [0.5, 0.6) is 0 Å². The summed E-state index contributed by atoms with van der Waals surface area (Å²) in [5.41, 5.74) is 0.783. The van der Waals surface area contributed by atoms with Crippen molar-refractivity contribution in [2.24, 2.45) is 11.8 Å². The highest BCUT2D eigenvalue weighted by molar-refractivity contribution is 5.74. The van der Waals surface area contributed by atoms with E-state index in [1.54, 1.807) is 6.92 Å². The van der Waals surface area contributed by atoms with E-state index < -0.39 is 11.5 Å². The summed E-state index contributed by atoms with van der Waals surface area (Å²) < 4.78 is 4.79. The minimum Gasteiger partial charge on any atom is -0.469 e. The third kappa shape index (κ3) is 3.83. The molecule has 1 rings (SSSR count). The molecule has 1 aromatic carbocycles. The van der Waals surface area contributed by atoms with E-state index in [0.29, 0.717) is 12.3 Å². The highest BCUT2D eigenvalue weighted by Crippen LogP contribution is 2.32. The van der Waals surface area contributed by atoms with Crippen molar-refractivity contribution in [2.45, 2.75) is 46.1 Å². The predicted octanol–water partition coefficient (Wildman–Crippen LogP) is 3.29. The summed E-state index contributed by atoms with van der Waals surface area (Å²) in [5, 5.41) is 10.7. The molecule has 20 heavy (non-hydrogen) atoms. The van der Waals surface area contributed by atoms with Gasteiger partial charge in [0.05, 0.1) is 13.0 Å². The minimum atomic E-state index is -1.21. The molecule has 0 heterocycles. The SMILES string of the molecule is CCC(C(=O)OC)C(C)(O)c1ccc(CC(C)C)cc1. The van der Waals surface area contributed by atoms with Crippen LogP contribution < -0.4 is 0 Å². The van der Waals surface area contributed by atoms with Crippen LogP contribution in [0.25, 0.3) is 0 Å². The lowest BCUT2D eigenvalue weighted by Crippen LogP contribution is -2.37. The lowest BCUT2D eigenvalue weighted by Gasteiger charge is -2.31. The van der Waals surface area contributed by atoms with Gasteiger partial charge >= 0.3 is 5.97 Å². The minimum absolute atomic E-state index is 0.372. The third-order valence-electron chi connectivity index (χ3n) is 3.75. The molecule has 0 saturated heterocycles. The normalized spacial score (nSPS) is 15.8. The molecule has 0 radical (unpaired) electrons. The number of ether oxygens (including phenoxy) is 1. The van der Waals surface area contributed by atoms with Gasteiger partial charge in [0.2, 0.25) is 0 Å². The van der Waals surface area contributed by atoms with Gasteiger partial charge in [0.15, 0.2) is 0 Å². The molecule has 0 aromatic heterocycles. The van der Waals surface area contributed by atoms with Gasteiger partial charge in [-0.25, -0.2) is 0 Å². The van der Waals surface area contributed by atoms with Crippen LogP contribution in [0.3, 0.4) is 0 Å². The molecule has 0 aliphatic heterocycles. The molecule has 0 aliphatic carbocycles. The summed E-state index contributed by atoms with van der Waals surface area (Å²) in [7, 11) is 1.35. The lowest BCUT2D eigenvalue weighted by atomic mass is 9.81. The van der Waals surface area contributed by atoms with Gasteiger partial charge in [-0.3, -0.25) is 4.79 Å². The first kappa shape index (κ1) is 16.7. The second kappa shape index (κ2) is 6.89. The van der Waals surface area contributed by atoms with Gasteiger partial charge in [0.25, 0.3) is 0 Å². The standard InChI is InChI=1S/C17H26O3/c1-6-15(16(18)20-5)17(4,19)14-9-7-13(8-10-14)11-12(2)3/h7-10,12,15,19H,6,11H2,1-5H3. The summed E-state index contributed by atoms with van der Waals surface area (Å²) in [6.07, 6.45) is 1.55. The number of carbonyl (C=O) groups excluding carboxylic acids is 1. The first-order valence-corrected chi connectivity index (χ1v) is 7.22. The molecule has 112 valence electrons. The van der Waals surface area contributed by atoms with Crippen LogP contribution in [0.1, 0.15) is 45.2 Å². The number of rotatable bonds is 6. The number of hydrogen-bond acceptors (Lipinski definition) is 3. The van der Waals surface area contributed by atoms with Crippen molar-refractivity contribution in [1.82, 2.24) is 0 Å². The average Bonchev–Trinajstić information content (AvgIpc) is 2.38. The molecule has 3 heteroatoms. The maximum Gasteiger partial charge on any atom is 0.311 e. The Kier molecular flexibility index (Phi) is 5.75. The second-order valence-corrected chi connectivity index (χ2v) is 5.93. The van der Waals surface area contributed by atoms with E-state index in [0.717, 1.165) is 12.0 Å². The highest BCUT2D eigenvalue weighted by Gasteiger charge is 2.38. The summed E-state index contributed by atoms with van der Waals surface area (Å²) in [6, 6.07) is 7.86. The van der Waals surface area contributed by atoms with E-state index >= 15 is 0 Å². The number of methoxy groups -OCH3 is 1. The van der Waals surface area contributed by atoms with Gasteiger partial charge in [-0.2, -0.15) is 0 Å². The van der Waals surface area contributed by atoms with Crippen LogP contribution in [0.15, 0.2) is 24.3 Å². The molecule has 0 saturated carbocycles. The molecule has 1 N–H and O–H groups in total. The Labute approximate surface area is 122 Å². The van der Waals surface area contributed by atoms with Crippen molar-refractivity contribution in [2.75, 3.05) is 7.11 Å². The summed E-state index contributed by atoms with van der Waals surface area (Å²) in [6.45, 7) is 7.90. The maximum atomic E-state index is 11.8. The summed E-state index contributed by atoms with van der Waals surface area (Å²) >= 11 is 0. The Bertz CT molecular complexity index is 432. The molecule has 2 unspecified atom stereocenters. The molecular weight excluding hydrogens is 252 g/mol. The van der Waals surface area contributed by atoms with Crippen LogP contribution >= 0.6 is 0 Å². The van der Waals surface area contributed by atoms with Crippen molar-refractivity contribution >= 4 is 5.97 Å². The van der Waals surface area contributed by atoms with Gasteiger partial charge in [-0.1, -0.05) is 45.0 Å². The Morgan fingerprint density at radius 1 is 1.30 bits per heavy atom. The van der Waals surface area contributed by atoms with Crippen LogP contribution in [-0.2, 0) is 21.6 Å². The lowest BCUT2D eigenvalue weighted by molar-refractivity contribution is -0.155. The highest BCUT2D eigenvalue weighted by atomic mass is 16.5. The molecule has 0 bridgehead atoms. The molecule has 1 aromatic rings. The smallest absolute Gasteiger partial charge is 0.311 e. The van der Waals surface area contributed by atoms with Crippen molar-refractivity contribution in [1.29, 1.82) is 0 Å². The first-order valence-electron chi connectivity index (χ1n) is 7.22. The second-order valence-electron chi connectivity index (χ2n) is 5.93. The van der Waals surface area contributed by atoms with Crippen molar-refractivity contribution < 1.29 is 14.6 Å². The fourth-order valence-corrected chi connectivity index (χ4v) is 2.59. The zero-order valence-corrected chi connectivity index (χ0v) is 13.1. The van der Waals surface area contributed by atoms with E-state index in [1.807, 2.05) is 31.2 Å². The van der Waals surface area contributed by atoms with Gasteiger partial charge in [-0.05, 0) is 36.8 Å². The van der Waals surface area contributed by atoms with E-state index in [2.05, 4.69) is 13.8 Å². The third-order valence-corrected chi connectivity index (χ3v) is 3.75. The Morgan fingerprint density at radius 2 is 1.85 bits per heavy atom. The Hall–Kier alpha value is -1.35. The quantitative estimate of drug-likeness (QED) is 0.812. The Morgan fingerprint density at radius 3 is 2.25 bits per heavy atom. The van der Waals surface area contributed by atoms with Crippen LogP contribution in [-0.4, -0.2) is 18.2 Å². The van der Waals surface area contributed by atoms with Gasteiger partial charge in [0.1, 0.15) is 5.60 Å². The zero-order chi connectivity index (χ0) is 15.3. The fraction of sp³-hybridized carbons (Fsp3) is 0.588. The average molecular weight is 278 g/mol. The monoisotopic (exact) mass is 278 g/mol. The molecule has 0 spiro atoms. The van der Waals surface area contributed by atoms with Crippen LogP contribution in [0.4, 0.5) is 0 Å². The van der Waals surface area contributed by atoms with Gasteiger partial charge in [-0.15, -0.1) is 0 Å². The van der Waals surface area contributed by atoms with Crippen LogP contribution in [0.2, 0.25) is 0 Å². The van der Waals surface area contributed by atoms with Crippen molar-refractivity contribution in [3.63, 3.8) is 0 Å². The molecular formula is C17H26O3. The number of carbonyl (C=O) groups is 1. The Balaban J connectivity index is 2.99. The van der Waals surface area contributed by atoms with Crippen LogP contribution in [0, 0.1) is 11.8 Å². The molecule has 0 amide bonds. The number of aliphatic hydroxyl groups is 1. The van der Waals surface area contributed by atoms with E-state index in [9.17, 15) is 9.90 Å². The van der Waals surface area contributed by atoms with E-state index in [4.69, 9.17) is 4.74 Å². The molecule has 3 nitrogen and oxygen atoms in total. The fourth-order valence-electron chi connectivity index (χ4n) is 2.59. The number of esters is 1. The van der Waals surface area contributed by atoms with E-state index in [-0.39, 0.29) is 5.97 Å². The maximum absolute atomic E-state index is 11.8. The van der Waals surface area contributed by atoms with Crippen molar-refractivity contribution in [3.05, 3.63) is 35.4 Å². The molecule has 0 fully saturated rings. The van der Waals surface area contributed by atoms with Crippen molar-refractivity contribution in [3.8, 4) is 0 Å². The topological polar surface area (TPSA) is 46.5 Å². The largest absolute Gasteiger partial charge is 0.469 e. The predicted molar refractivity (Wildman–Crippen MR) is 80.4 cm³/mol. The first-order chi connectivity index (χ1) is 9.32.